The number of hydrogen-bond acceptors (Lipinski definition) is 6. The number of carbonyl (C=O) groups is 2. The average Bonchev–Trinajstić information content (AvgIpc) is 3.34. The average molecular weight is 441 g/mol. The molecule has 3 atom stereocenters. The number of alkyl halides is 2. The predicted molar refractivity (Wildman–Crippen MR) is 107 cm³/mol. The molecule has 1 aromatic rings. The molecule has 2 N–H and O–H groups in total. The van der Waals surface area contributed by atoms with Crippen LogP contribution in [-0.4, -0.2) is 54.2 Å². The van der Waals surface area contributed by atoms with Gasteiger partial charge in [-0.05, 0) is 43.2 Å². The Kier molecular flexibility index (Phi) is 6.40. The highest BCUT2D eigenvalue weighted by Crippen LogP contribution is 2.65. The Bertz CT molecular complexity index is 908. The number of halogens is 3. The largest absolute Gasteiger partial charge is 0.467 e. The molecule has 1 saturated heterocycles. The van der Waals surface area contributed by atoms with E-state index in [0.29, 0.717) is 24.5 Å². The van der Waals surface area contributed by atoms with Crippen LogP contribution in [0.1, 0.15) is 36.4 Å². The number of pyridine rings is 1. The third-order valence-corrected chi connectivity index (χ3v) is 6.09. The highest BCUT2D eigenvalue weighted by molar-refractivity contribution is 6.29. The van der Waals surface area contributed by atoms with Gasteiger partial charge in [0, 0.05) is 30.8 Å². The summed E-state index contributed by atoms with van der Waals surface area (Å²) < 4.78 is 29.6. The molecule has 3 rings (SSSR count). The molecule has 30 heavy (non-hydrogen) atoms. The first-order chi connectivity index (χ1) is 14.2. The molecule has 2 fully saturated rings. The number of nitrogens with zero attached hydrogens (tertiary/aromatic N) is 3. The van der Waals surface area contributed by atoms with Crippen LogP contribution in [-0.2, 0) is 14.3 Å². The number of aryl methyl sites for hydroxylation is 1. The Morgan fingerprint density at radius 3 is 2.87 bits per heavy atom. The maximum Gasteiger partial charge on any atom is 0.331 e. The highest BCUT2D eigenvalue weighted by Gasteiger charge is 2.65. The topological polar surface area (TPSA) is 97.9 Å². The van der Waals surface area contributed by atoms with Gasteiger partial charge in [-0.1, -0.05) is 17.7 Å². The molecule has 1 aliphatic carbocycles. The predicted octanol–water partition coefficient (Wildman–Crippen LogP) is 2.82. The maximum atomic E-state index is 13.3. The van der Waals surface area contributed by atoms with Gasteiger partial charge >= 0.3 is 12.5 Å². The zero-order valence-corrected chi connectivity index (χ0v) is 17.4. The van der Waals surface area contributed by atoms with Crippen molar-refractivity contribution < 1.29 is 23.1 Å². The molecule has 7 nitrogen and oxygen atoms in total. The van der Waals surface area contributed by atoms with Gasteiger partial charge in [0.15, 0.2) is 0 Å². The number of aliphatic imine (C=N–C) groups is 1. The molecule has 2 aliphatic rings. The van der Waals surface area contributed by atoms with Gasteiger partial charge in [0.05, 0.1) is 12.5 Å². The van der Waals surface area contributed by atoms with Gasteiger partial charge in [-0.3, -0.25) is 4.79 Å². The Hall–Kier alpha value is -2.55. The molecule has 1 amide bonds. The molecule has 0 aromatic carbocycles. The van der Waals surface area contributed by atoms with Crippen molar-refractivity contribution in [1.29, 1.82) is 0 Å². The van der Waals surface area contributed by atoms with E-state index in [-0.39, 0.29) is 23.8 Å². The molecule has 0 bridgehead atoms. The quantitative estimate of drug-likeness (QED) is 0.304. The van der Waals surface area contributed by atoms with E-state index >= 15 is 0 Å². The summed E-state index contributed by atoms with van der Waals surface area (Å²) in [4.78, 5) is 34.5. The summed E-state index contributed by atoms with van der Waals surface area (Å²) >= 11 is 5.93. The van der Waals surface area contributed by atoms with E-state index in [0.717, 1.165) is 23.7 Å². The third-order valence-electron chi connectivity index (χ3n) is 5.87. The van der Waals surface area contributed by atoms with Crippen molar-refractivity contribution in [2.24, 2.45) is 16.1 Å². The van der Waals surface area contributed by atoms with Gasteiger partial charge in [-0.15, -0.1) is 0 Å². The number of likely N-dealkylation sites (tertiary alicyclic amines) is 1. The van der Waals surface area contributed by atoms with Crippen LogP contribution in [0.2, 0.25) is 5.15 Å². The monoisotopic (exact) mass is 440 g/mol. The number of carbonyl (C=O) groups excluding carboxylic acids is 2. The first-order valence-electron chi connectivity index (χ1n) is 9.47. The van der Waals surface area contributed by atoms with Crippen LogP contribution in [0.25, 0.3) is 0 Å². The second-order valence-corrected chi connectivity index (χ2v) is 7.90. The number of nitrogens with two attached hydrogens (primary N) is 1. The Morgan fingerprint density at radius 1 is 1.53 bits per heavy atom. The van der Waals surface area contributed by atoms with Crippen LogP contribution < -0.4 is 5.73 Å². The third kappa shape index (κ3) is 4.16. The molecule has 1 saturated carbocycles. The van der Waals surface area contributed by atoms with Crippen LogP contribution >= 0.6 is 11.6 Å². The molecule has 2 heterocycles. The van der Waals surface area contributed by atoms with E-state index < -0.39 is 24.0 Å². The minimum Gasteiger partial charge on any atom is -0.467 e. The smallest absolute Gasteiger partial charge is 0.331 e. The van der Waals surface area contributed by atoms with Gasteiger partial charge in [0.1, 0.15) is 11.2 Å². The molecule has 1 aromatic heterocycles. The zero-order valence-electron chi connectivity index (χ0n) is 16.6. The van der Waals surface area contributed by atoms with Crippen molar-refractivity contribution in [3.05, 3.63) is 40.3 Å². The number of ether oxygens (including phenoxy) is 1. The summed E-state index contributed by atoms with van der Waals surface area (Å²) in [5.74, 6) is -0.783. The number of rotatable bonds is 7. The number of amides is 1. The lowest BCUT2D eigenvalue weighted by Crippen LogP contribution is -2.44. The summed E-state index contributed by atoms with van der Waals surface area (Å²) in [7, 11) is 1.22. The minimum atomic E-state index is -2.89. The van der Waals surface area contributed by atoms with Crippen molar-refractivity contribution in [1.82, 2.24) is 9.88 Å². The summed E-state index contributed by atoms with van der Waals surface area (Å²) in [6.45, 7) is -0.682. The lowest BCUT2D eigenvalue weighted by atomic mass is 9.96. The molecule has 10 heteroatoms. The molecule has 1 spiro atoms. The van der Waals surface area contributed by atoms with Crippen molar-refractivity contribution in [3.8, 4) is 0 Å². The first-order valence-corrected chi connectivity index (χ1v) is 9.85. The fourth-order valence-electron chi connectivity index (χ4n) is 4.24. The number of methoxy groups -OCH3 is 1. The molecular formula is C20H23ClF2N4O3. The fourth-order valence-corrected chi connectivity index (χ4v) is 4.43. The van der Waals surface area contributed by atoms with E-state index in [2.05, 4.69) is 9.98 Å². The number of aromatic nitrogens is 1. The van der Waals surface area contributed by atoms with Crippen molar-refractivity contribution in [3.63, 3.8) is 0 Å². The van der Waals surface area contributed by atoms with Crippen LogP contribution in [0.4, 0.5) is 8.78 Å². The first kappa shape index (κ1) is 22.1. The molecular weight excluding hydrogens is 418 g/mol. The standard InChI is InChI=1S/C20H23ClF2N4O3/c1-11-13(3-4-16(21)26-11)14-8-20(14)5-6-27(18(20)29)15(17(28)30-2)7-12(9-24)10-25-19(22)23/h3-4,9-10,14-15,19H,5-8,24H2,1-2H3/b12-9-,25-10+/t14-,15-,20+/m1/s1. The van der Waals surface area contributed by atoms with Crippen LogP contribution in [0.5, 0.6) is 0 Å². The summed E-state index contributed by atoms with van der Waals surface area (Å²) in [5.41, 5.74) is 6.87. The maximum absolute atomic E-state index is 13.3. The Labute approximate surface area is 177 Å². The highest BCUT2D eigenvalue weighted by atomic mass is 35.5. The molecule has 0 radical (unpaired) electrons. The van der Waals surface area contributed by atoms with Gasteiger partial charge in [0.25, 0.3) is 0 Å². The zero-order chi connectivity index (χ0) is 22.1. The van der Waals surface area contributed by atoms with Crippen molar-refractivity contribution in [2.45, 2.75) is 44.7 Å². The second-order valence-electron chi connectivity index (χ2n) is 7.51. The number of hydrogen-bond donors (Lipinski definition) is 1. The van der Waals surface area contributed by atoms with E-state index in [1.54, 1.807) is 6.07 Å². The summed E-state index contributed by atoms with van der Waals surface area (Å²) in [6.07, 6.45) is 3.19. The van der Waals surface area contributed by atoms with E-state index in [1.807, 2.05) is 13.0 Å². The lowest BCUT2D eigenvalue weighted by molar-refractivity contribution is -0.152. The molecule has 0 unspecified atom stereocenters. The SMILES string of the molecule is COC(=O)[C@@H](CC(=C/N)/C=N/C(F)F)N1CC[C@@]2(C[C@@H]2c2ccc(Cl)nc2C)C1=O. The minimum absolute atomic E-state index is 0.00276. The summed E-state index contributed by atoms with van der Waals surface area (Å²) in [5, 5.41) is 0.391. The van der Waals surface area contributed by atoms with Gasteiger partial charge in [-0.2, -0.15) is 8.78 Å². The van der Waals surface area contributed by atoms with Gasteiger partial charge in [-0.25, -0.2) is 14.8 Å². The van der Waals surface area contributed by atoms with Crippen molar-refractivity contribution in [2.75, 3.05) is 13.7 Å². The second kappa shape index (κ2) is 8.67. The van der Waals surface area contributed by atoms with Crippen LogP contribution in [0.15, 0.2) is 28.9 Å². The van der Waals surface area contributed by atoms with Crippen LogP contribution in [0.3, 0.4) is 0 Å². The van der Waals surface area contributed by atoms with E-state index in [1.165, 1.54) is 12.0 Å². The lowest BCUT2D eigenvalue weighted by Gasteiger charge is -2.26. The summed E-state index contributed by atoms with van der Waals surface area (Å²) in [6, 6.07) is 2.62. The fraction of sp³-hybridized carbons (Fsp3) is 0.500. The molecule has 162 valence electrons. The Balaban J connectivity index is 1.80. The van der Waals surface area contributed by atoms with E-state index in [9.17, 15) is 18.4 Å². The van der Waals surface area contributed by atoms with Crippen molar-refractivity contribution >= 4 is 29.7 Å². The number of esters is 1. The van der Waals surface area contributed by atoms with Gasteiger partial charge in [0.2, 0.25) is 5.91 Å². The normalized spacial score (nSPS) is 24.9. The van der Waals surface area contributed by atoms with Crippen LogP contribution in [0, 0.1) is 12.3 Å². The molecule has 1 aliphatic heterocycles. The van der Waals surface area contributed by atoms with E-state index in [4.69, 9.17) is 22.1 Å². The Morgan fingerprint density at radius 2 is 2.27 bits per heavy atom. The van der Waals surface area contributed by atoms with Gasteiger partial charge < -0.3 is 15.4 Å².